The molecule has 1 N–H and O–H groups in total. The van der Waals surface area contributed by atoms with Gasteiger partial charge >= 0.3 is 0 Å². The zero-order valence-corrected chi connectivity index (χ0v) is 22.4. The number of nitrogens with one attached hydrogen (secondary N) is 1. The van der Waals surface area contributed by atoms with Crippen LogP contribution in [0, 0.1) is 0 Å². The van der Waals surface area contributed by atoms with Gasteiger partial charge in [-0.25, -0.2) is 0 Å². The number of methoxy groups -OCH3 is 1. The van der Waals surface area contributed by atoms with Gasteiger partial charge in [-0.15, -0.1) is 0 Å². The van der Waals surface area contributed by atoms with Crippen LogP contribution in [0.3, 0.4) is 0 Å². The summed E-state index contributed by atoms with van der Waals surface area (Å²) >= 11 is 3.63. The van der Waals surface area contributed by atoms with Gasteiger partial charge in [-0.2, -0.15) is 0 Å². The highest BCUT2D eigenvalue weighted by atomic mass is 79.9. The van der Waals surface area contributed by atoms with E-state index in [0.29, 0.717) is 17.9 Å². The largest absolute Gasteiger partial charge is 0.497 e. The maximum Gasteiger partial charge on any atom is 0.261 e. The van der Waals surface area contributed by atoms with Gasteiger partial charge in [0.05, 0.1) is 11.6 Å². The molecule has 0 heterocycles. The number of hydrogen-bond donors (Lipinski definition) is 1. The number of ether oxygens (including phenoxy) is 2. The Labute approximate surface area is 221 Å². The summed E-state index contributed by atoms with van der Waals surface area (Å²) in [6.45, 7) is 2.05. The van der Waals surface area contributed by atoms with Crippen molar-refractivity contribution in [2.45, 2.75) is 57.7 Å². The predicted octanol–water partition coefficient (Wildman–Crippen LogP) is 5.86. The summed E-state index contributed by atoms with van der Waals surface area (Å²) < 4.78 is 12.1. The second-order valence-electron chi connectivity index (χ2n) is 9.17. The zero-order chi connectivity index (χ0) is 25.5. The minimum absolute atomic E-state index is 0.104. The van der Waals surface area contributed by atoms with Crippen LogP contribution in [0.5, 0.6) is 11.5 Å². The predicted molar refractivity (Wildman–Crippen MR) is 145 cm³/mol. The number of rotatable bonds is 10. The quantitative estimate of drug-likeness (QED) is 0.342. The lowest BCUT2D eigenvalue weighted by atomic mass is 10.1. The first-order valence-corrected chi connectivity index (χ1v) is 13.3. The molecule has 0 aliphatic heterocycles. The van der Waals surface area contributed by atoms with E-state index in [4.69, 9.17) is 9.47 Å². The summed E-state index contributed by atoms with van der Waals surface area (Å²) in [5.74, 6) is 0.949. The fourth-order valence-corrected chi connectivity index (χ4v) is 5.41. The van der Waals surface area contributed by atoms with E-state index < -0.39 is 6.04 Å². The van der Waals surface area contributed by atoms with Crippen LogP contribution in [-0.2, 0) is 16.1 Å². The first kappa shape index (κ1) is 26.0. The molecule has 1 atom stereocenters. The molecule has 36 heavy (non-hydrogen) atoms. The first-order valence-electron chi connectivity index (χ1n) is 12.5. The van der Waals surface area contributed by atoms with Crippen LogP contribution in [0.15, 0.2) is 65.1 Å². The molecule has 1 saturated carbocycles. The molecule has 1 fully saturated rings. The summed E-state index contributed by atoms with van der Waals surface area (Å²) in [6.07, 6.45) is 4.75. The highest BCUT2D eigenvalue weighted by Gasteiger charge is 2.31. The molecular formula is C29H33BrN2O4. The molecule has 0 aromatic heterocycles. The Hall–Kier alpha value is -3.06. The van der Waals surface area contributed by atoms with Gasteiger partial charge in [0.25, 0.3) is 5.91 Å². The van der Waals surface area contributed by atoms with Crippen LogP contribution >= 0.6 is 15.9 Å². The Morgan fingerprint density at radius 1 is 1.08 bits per heavy atom. The van der Waals surface area contributed by atoms with Gasteiger partial charge in [-0.3, -0.25) is 9.59 Å². The highest BCUT2D eigenvalue weighted by molar-refractivity contribution is 9.10. The van der Waals surface area contributed by atoms with Gasteiger partial charge in [0.2, 0.25) is 5.91 Å². The molecule has 0 bridgehead atoms. The fraction of sp³-hybridized carbons (Fsp3) is 0.379. The maximum absolute atomic E-state index is 13.6. The van der Waals surface area contributed by atoms with E-state index in [0.717, 1.165) is 46.5 Å². The maximum atomic E-state index is 13.6. The third-order valence-electron chi connectivity index (χ3n) is 6.75. The number of carbonyl (C=O) groups excluding carboxylic acids is 2. The molecule has 7 heteroatoms. The van der Waals surface area contributed by atoms with Crippen molar-refractivity contribution in [3.8, 4) is 11.5 Å². The molecule has 1 aliphatic carbocycles. The highest BCUT2D eigenvalue weighted by Crippen LogP contribution is 2.33. The topological polar surface area (TPSA) is 67.9 Å². The summed E-state index contributed by atoms with van der Waals surface area (Å²) in [5, 5.41) is 5.26. The van der Waals surface area contributed by atoms with Crippen molar-refractivity contribution in [1.29, 1.82) is 0 Å². The lowest BCUT2D eigenvalue weighted by Gasteiger charge is -2.31. The molecule has 0 spiro atoms. The van der Waals surface area contributed by atoms with E-state index in [1.165, 1.54) is 0 Å². The van der Waals surface area contributed by atoms with Crippen molar-refractivity contribution in [1.82, 2.24) is 10.2 Å². The second-order valence-corrected chi connectivity index (χ2v) is 9.97. The standard InChI is InChI=1S/C29H33BrN2O4/c1-3-25(29(34)31-22-11-5-6-12-22)32(18-20-9-8-13-23(17-20)35-2)27(33)19-36-26-16-15-21-10-4-7-14-24(21)28(26)30/h4,7-10,13-17,22,25H,3,5-6,11-12,18-19H2,1-2H3,(H,31,34). The number of benzene rings is 3. The molecular weight excluding hydrogens is 520 g/mol. The smallest absolute Gasteiger partial charge is 0.261 e. The molecule has 1 aliphatic rings. The lowest BCUT2D eigenvalue weighted by molar-refractivity contribution is -0.143. The van der Waals surface area contributed by atoms with Crippen LogP contribution in [0.4, 0.5) is 0 Å². The van der Waals surface area contributed by atoms with Gasteiger partial charge in [0.15, 0.2) is 6.61 Å². The van der Waals surface area contributed by atoms with Gasteiger partial charge in [0, 0.05) is 12.6 Å². The molecule has 6 nitrogen and oxygen atoms in total. The lowest BCUT2D eigenvalue weighted by Crippen LogP contribution is -2.52. The van der Waals surface area contributed by atoms with Crippen molar-refractivity contribution in [2.75, 3.05) is 13.7 Å². The summed E-state index contributed by atoms with van der Waals surface area (Å²) in [4.78, 5) is 28.5. The van der Waals surface area contributed by atoms with Gasteiger partial charge in [-0.1, -0.05) is 62.2 Å². The van der Waals surface area contributed by atoms with E-state index >= 15 is 0 Å². The number of amides is 2. The molecule has 1 unspecified atom stereocenters. The molecule has 3 aromatic rings. The van der Waals surface area contributed by atoms with E-state index in [9.17, 15) is 9.59 Å². The third-order valence-corrected chi connectivity index (χ3v) is 7.57. The fourth-order valence-electron chi connectivity index (χ4n) is 4.80. The number of carbonyl (C=O) groups is 2. The summed E-state index contributed by atoms with van der Waals surface area (Å²) in [5.41, 5.74) is 0.890. The first-order chi connectivity index (χ1) is 17.5. The monoisotopic (exact) mass is 552 g/mol. The normalized spacial score (nSPS) is 14.4. The van der Waals surface area contributed by atoms with E-state index in [1.54, 1.807) is 12.0 Å². The van der Waals surface area contributed by atoms with Gasteiger partial charge < -0.3 is 19.7 Å². The average Bonchev–Trinajstić information content (AvgIpc) is 3.41. The Bertz CT molecular complexity index is 1210. The van der Waals surface area contributed by atoms with Crippen molar-refractivity contribution in [3.05, 3.63) is 70.7 Å². The molecule has 0 saturated heterocycles. The molecule has 2 amide bonds. The van der Waals surface area contributed by atoms with Crippen LogP contribution < -0.4 is 14.8 Å². The van der Waals surface area contributed by atoms with Crippen molar-refractivity contribution in [3.63, 3.8) is 0 Å². The van der Waals surface area contributed by atoms with Crippen LogP contribution in [0.2, 0.25) is 0 Å². The number of nitrogens with zero attached hydrogens (tertiary/aromatic N) is 1. The molecule has 190 valence electrons. The Kier molecular flexibility index (Phi) is 8.86. The van der Waals surface area contributed by atoms with Crippen molar-refractivity contribution >= 4 is 38.5 Å². The Morgan fingerprint density at radius 3 is 2.61 bits per heavy atom. The molecule has 4 rings (SSSR count). The molecule has 0 radical (unpaired) electrons. The van der Waals surface area contributed by atoms with Crippen LogP contribution in [0.1, 0.15) is 44.6 Å². The van der Waals surface area contributed by atoms with E-state index in [-0.39, 0.29) is 31.0 Å². The zero-order valence-electron chi connectivity index (χ0n) is 20.8. The van der Waals surface area contributed by atoms with E-state index in [1.807, 2.05) is 67.6 Å². The van der Waals surface area contributed by atoms with Gasteiger partial charge in [0.1, 0.15) is 17.5 Å². The van der Waals surface area contributed by atoms with Crippen LogP contribution in [0.25, 0.3) is 10.8 Å². The second kappa shape index (κ2) is 12.3. The minimum Gasteiger partial charge on any atom is -0.497 e. The van der Waals surface area contributed by atoms with Crippen molar-refractivity contribution in [2.24, 2.45) is 0 Å². The number of halogens is 1. The minimum atomic E-state index is -0.590. The average molecular weight is 553 g/mol. The third kappa shape index (κ3) is 6.19. The summed E-state index contributed by atoms with van der Waals surface area (Å²) in [7, 11) is 1.61. The Morgan fingerprint density at radius 2 is 1.86 bits per heavy atom. The number of hydrogen-bond acceptors (Lipinski definition) is 4. The molecule has 3 aromatic carbocycles. The SMILES string of the molecule is CCC(C(=O)NC1CCCC1)N(Cc1cccc(OC)c1)C(=O)COc1ccc2ccccc2c1Br. The van der Waals surface area contributed by atoms with Crippen LogP contribution in [-0.4, -0.2) is 42.5 Å². The van der Waals surface area contributed by atoms with Crippen molar-refractivity contribution < 1.29 is 19.1 Å². The van der Waals surface area contributed by atoms with E-state index in [2.05, 4.69) is 21.2 Å². The van der Waals surface area contributed by atoms with Gasteiger partial charge in [-0.05, 0) is 69.7 Å². The Balaban J connectivity index is 1.54. The summed E-state index contributed by atoms with van der Waals surface area (Å²) in [6, 6.07) is 19.0. The number of fused-ring (bicyclic) bond motifs is 1.